The Kier molecular flexibility index (Phi) is 5.64. The SMILES string of the molecule is CC1CC(N)CCC1C(=O)NCCCN1CCCC1. The van der Waals surface area contributed by atoms with Crippen molar-refractivity contribution in [3.8, 4) is 0 Å². The number of rotatable bonds is 5. The summed E-state index contributed by atoms with van der Waals surface area (Å²) in [5, 5.41) is 3.12. The Morgan fingerprint density at radius 2 is 2.05 bits per heavy atom. The van der Waals surface area contributed by atoms with Gasteiger partial charge >= 0.3 is 0 Å². The van der Waals surface area contributed by atoms with E-state index in [1.807, 2.05) is 0 Å². The van der Waals surface area contributed by atoms with Crippen LogP contribution in [-0.2, 0) is 4.79 Å². The lowest BCUT2D eigenvalue weighted by molar-refractivity contribution is -0.127. The average Bonchev–Trinajstić information content (AvgIpc) is 2.87. The third-order valence-corrected chi connectivity index (χ3v) is 4.70. The average molecular weight is 267 g/mol. The van der Waals surface area contributed by atoms with Gasteiger partial charge in [-0.05, 0) is 64.1 Å². The highest BCUT2D eigenvalue weighted by molar-refractivity contribution is 5.79. The van der Waals surface area contributed by atoms with Crippen molar-refractivity contribution in [1.29, 1.82) is 0 Å². The fourth-order valence-corrected chi connectivity index (χ4v) is 3.48. The van der Waals surface area contributed by atoms with E-state index in [0.29, 0.717) is 12.0 Å². The second-order valence-electron chi connectivity index (χ2n) is 6.35. The number of likely N-dealkylation sites (tertiary alicyclic amines) is 1. The molecule has 0 spiro atoms. The second kappa shape index (κ2) is 7.25. The molecular weight excluding hydrogens is 238 g/mol. The molecule has 1 heterocycles. The summed E-state index contributed by atoms with van der Waals surface area (Å²) in [6.45, 7) is 6.60. The minimum atomic E-state index is 0.187. The molecule has 1 aliphatic heterocycles. The van der Waals surface area contributed by atoms with Crippen LogP contribution < -0.4 is 11.1 Å². The number of nitrogens with one attached hydrogen (secondary N) is 1. The van der Waals surface area contributed by atoms with Gasteiger partial charge in [0.1, 0.15) is 0 Å². The van der Waals surface area contributed by atoms with E-state index in [0.717, 1.165) is 38.8 Å². The van der Waals surface area contributed by atoms with E-state index in [9.17, 15) is 4.79 Å². The van der Waals surface area contributed by atoms with Crippen LogP contribution in [0.1, 0.15) is 45.4 Å². The van der Waals surface area contributed by atoms with Crippen LogP contribution in [0, 0.1) is 11.8 Å². The normalized spacial score (nSPS) is 32.4. The lowest BCUT2D eigenvalue weighted by Crippen LogP contribution is -2.41. The van der Waals surface area contributed by atoms with E-state index in [1.165, 1.54) is 25.9 Å². The lowest BCUT2D eigenvalue weighted by Gasteiger charge is -2.31. The summed E-state index contributed by atoms with van der Waals surface area (Å²) in [5.41, 5.74) is 5.94. The summed E-state index contributed by atoms with van der Waals surface area (Å²) < 4.78 is 0. The standard InChI is InChI=1S/C15H29N3O/c1-12-11-13(16)5-6-14(12)15(19)17-7-4-10-18-8-2-3-9-18/h12-14H,2-11,16H2,1H3,(H,17,19). The third kappa shape index (κ3) is 4.46. The number of carbonyl (C=O) groups excluding carboxylic acids is 1. The van der Waals surface area contributed by atoms with Crippen LogP contribution in [0.25, 0.3) is 0 Å². The molecule has 1 amide bonds. The van der Waals surface area contributed by atoms with Crippen LogP contribution in [0.15, 0.2) is 0 Å². The molecule has 1 saturated heterocycles. The predicted molar refractivity (Wildman–Crippen MR) is 77.8 cm³/mol. The fourth-order valence-electron chi connectivity index (χ4n) is 3.48. The van der Waals surface area contributed by atoms with E-state index >= 15 is 0 Å². The van der Waals surface area contributed by atoms with Crippen molar-refractivity contribution in [2.45, 2.75) is 51.5 Å². The van der Waals surface area contributed by atoms with Crippen LogP contribution in [0.3, 0.4) is 0 Å². The van der Waals surface area contributed by atoms with Crippen molar-refractivity contribution in [1.82, 2.24) is 10.2 Å². The first-order valence-electron chi connectivity index (χ1n) is 7.92. The summed E-state index contributed by atoms with van der Waals surface area (Å²) in [6, 6.07) is 0.300. The van der Waals surface area contributed by atoms with Gasteiger partial charge in [0.2, 0.25) is 5.91 Å². The summed E-state index contributed by atoms with van der Waals surface area (Å²) >= 11 is 0. The minimum absolute atomic E-state index is 0.187. The molecule has 1 saturated carbocycles. The number of amides is 1. The molecule has 0 radical (unpaired) electrons. The number of nitrogens with zero attached hydrogens (tertiary/aromatic N) is 1. The van der Waals surface area contributed by atoms with Crippen molar-refractivity contribution in [3.05, 3.63) is 0 Å². The molecule has 4 heteroatoms. The zero-order chi connectivity index (χ0) is 13.7. The Labute approximate surface area is 117 Å². The van der Waals surface area contributed by atoms with E-state index in [4.69, 9.17) is 5.73 Å². The van der Waals surface area contributed by atoms with Crippen molar-refractivity contribution in [2.24, 2.45) is 17.6 Å². The molecule has 1 aliphatic carbocycles. The van der Waals surface area contributed by atoms with Gasteiger partial charge in [-0.25, -0.2) is 0 Å². The number of hydrogen-bond donors (Lipinski definition) is 2. The van der Waals surface area contributed by atoms with E-state index in [1.54, 1.807) is 0 Å². The molecule has 3 unspecified atom stereocenters. The first-order valence-corrected chi connectivity index (χ1v) is 7.92. The molecule has 0 aromatic carbocycles. The first kappa shape index (κ1) is 14.8. The summed E-state index contributed by atoms with van der Waals surface area (Å²) in [6.07, 6.45) is 6.70. The van der Waals surface area contributed by atoms with Gasteiger partial charge in [-0.2, -0.15) is 0 Å². The largest absolute Gasteiger partial charge is 0.356 e. The number of carbonyl (C=O) groups is 1. The van der Waals surface area contributed by atoms with Crippen LogP contribution >= 0.6 is 0 Å². The first-order chi connectivity index (χ1) is 9.16. The molecule has 4 nitrogen and oxygen atoms in total. The Morgan fingerprint density at radius 1 is 1.32 bits per heavy atom. The van der Waals surface area contributed by atoms with Crippen molar-refractivity contribution < 1.29 is 4.79 Å². The van der Waals surface area contributed by atoms with Crippen LogP contribution in [0.5, 0.6) is 0 Å². The molecule has 110 valence electrons. The topological polar surface area (TPSA) is 58.4 Å². The quantitative estimate of drug-likeness (QED) is 0.739. The molecule has 3 atom stereocenters. The Balaban J connectivity index is 1.61. The Bertz CT molecular complexity index is 289. The van der Waals surface area contributed by atoms with Crippen molar-refractivity contribution in [3.63, 3.8) is 0 Å². The molecule has 19 heavy (non-hydrogen) atoms. The van der Waals surface area contributed by atoms with E-state index < -0.39 is 0 Å². The highest BCUT2D eigenvalue weighted by atomic mass is 16.1. The smallest absolute Gasteiger partial charge is 0.223 e. The maximum atomic E-state index is 12.1. The van der Waals surface area contributed by atoms with Crippen LogP contribution in [-0.4, -0.2) is 43.0 Å². The second-order valence-corrected chi connectivity index (χ2v) is 6.35. The number of nitrogens with two attached hydrogens (primary N) is 1. The molecule has 2 fully saturated rings. The summed E-state index contributed by atoms with van der Waals surface area (Å²) in [5.74, 6) is 0.870. The molecule has 0 aromatic heterocycles. The molecule has 0 aromatic rings. The van der Waals surface area contributed by atoms with Gasteiger partial charge in [0.25, 0.3) is 0 Å². The van der Waals surface area contributed by atoms with E-state index in [-0.39, 0.29) is 11.8 Å². The summed E-state index contributed by atoms with van der Waals surface area (Å²) in [7, 11) is 0. The number of hydrogen-bond acceptors (Lipinski definition) is 3. The molecule has 2 rings (SSSR count). The highest BCUT2D eigenvalue weighted by Gasteiger charge is 2.30. The minimum Gasteiger partial charge on any atom is -0.356 e. The van der Waals surface area contributed by atoms with Crippen LogP contribution in [0.4, 0.5) is 0 Å². The highest BCUT2D eigenvalue weighted by Crippen LogP contribution is 2.29. The molecule has 3 N–H and O–H groups in total. The lowest BCUT2D eigenvalue weighted by atomic mass is 9.78. The Hall–Kier alpha value is -0.610. The van der Waals surface area contributed by atoms with Gasteiger partial charge in [0.05, 0.1) is 0 Å². The fraction of sp³-hybridized carbons (Fsp3) is 0.933. The zero-order valence-corrected chi connectivity index (χ0v) is 12.2. The van der Waals surface area contributed by atoms with Crippen molar-refractivity contribution >= 4 is 5.91 Å². The molecular formula is C15H29N3O. The van der Waals surface area contributed by atoms with E-state index in [2.05, 4.69) is 17.1 Å². The van der Waals surface area contributed by atoms with Crippen molar-refractivity contribution in [2.75, 3.05) is 26.2 Å². The maximum Gasteiger partial charge on any atom is 0.223 e. The van der Waals surface area contributed by atoms with Gasteiger partial charge in [-0.3, -0.25) is 4.79 Å². The van der Waals surface area contributed by atoms with Gasteiger partial charge in [-0.15, -0.1) is 0 Å². The zero-order valence-electron chi connectivity index (χ0n) is 12.2. The molecule has 0 bridgehead atoms. The van der Waals surface area contributed by atoms with Gasteiger partial charge < -0.3 is 16.0 Å². The third-order valence-electron chi connectivity index (χ3n) is 4.70. The Morgan fingerprint density at radius 3 is 2.74 bits per heavy atom. The van der Waals surface area contributed by atoms with Gasteiger partial charge in [-0.1, -0.05) is 6.92 Å². The monoisotopic (exact) mass is 267 g/mol. The van der Waals surface area contributed by atoms with Gasteiger partial charge in [0, 0.05) is 18.5 Å². The maximum absolute atomic E-state index is 12.1. The van der Waals surface area contributed by atoms with Crippen LogP contribution in [0.2, 0.25) is 0 Å². The predicted octanol–water partition coefficient (Wildman–Crippen LogP) is 1.35. The molecule has 2 aliphatic rings. The summed E-state index contributed by atoms with van der Waals surface area (Å²) in [4.78, 5) is 14.6. The van der Waals surface area contributed by atoms with Gasteiger partial charge in [0.15, 0.2) is 0 Å².